The van der Waals surface area contributed by atoms with Crippen LogP contribution in [0.5, 0.6) is 5.75 Å². The average molecular weight is 433 g/mol. The fourth-order valence-electron chi connectivity index (χ4n) is 3.30. The topological polar surface area (TPSA) is 119 Å². The Balaban J connectivity index is 1.59. The number of nitrogens with zero attached hydrogens (tertiary/aromatic N) is 3. The molecule has 4 aromatic rings. The van der Waals surface area contributed by atoms with E-state index in [4.69, 9.17) is 9.15 Å². The molecule has 32 heavy (non-hydrogen) atoms. The number of hydrogen-bond acceptors (Lipinski definition) is 7. The molecule has 0 fully saturated rings. The zero-order chi connectivity index (χ0) is 22.5. The number of para-hydroxylation sites is 4. The van der Waals surface area contributed by atoms with E-state index in [-0.39, 0.29) is 36.7 Å². The van der Waals surface area contributed by atoms with Crippen molar-refractivity contribution in [1.82, 2.24) is 4.98 Å². The van der Waals surface area contributed by atoms with Crippen LogP contribution in [0.4, 0.5) is 11.7 Å². The number of aromatic carboxylic acids is 1. The molecule has 3 aromatic carbocycles. The molecule has 0 spiro atoms. The molecule has 1 aromatic heterocycles. The van der Waals surface area contributed by atoms with Crippen molar-refractivity contribution in [2.75, 3.05) is 18.1 Å². The van der Waals surface area contributed by atoms with E-state index < -0.39 is 10.9 Å². The summed E-state index contributed by atoms with van der Waals surface area (Å²) in [4.78, 5) is 28.6. The van der Waals surface area contributed by atoms with Crippen LogP contribution in [0.1, 0.15) is 15.9 Å². The van der Waals surface area contributed by atoms with E-state index in [0.717, 1.165) is 0 Å². The van der Waals surface area contributed by atoms with Gasteiger partial charge in [0.2, 0.25) is 0 Å². The molecule has 0 unspecified atom stereocenters. The third kappa shape index (κ3) is 4.51. The first kappa shape index (κ1) is 20.9. The van der Waals surface area contributed by atoms with Crippen LogP contribution in [0.2, 0.25) is 0 Å². The summed E-state index contributed by atoms with van der Waals surface area (Å²) in [6, 6.07) is 20.4. The van der Waals surface area contributed by atoms with Gasteiger partial charge in [-0.15, -0.1) is 0 Å². The van der Waals surface area contributed by atoms with Gasteiger partial charge >= 0.3 is 5.97 Å². The first-order valence-corrected chi connectivity index (χ1v) is 9.81. The maximum Gasteiger partial charge on any atom is 0.339 e. The Hall–Kier alpha value is -4.40. The summed E-state index contributed by atoms with van der Waals surface area (Å²) >= 11 is 0. The number of oxazole rings is 1. The maximum absolute atomic E-state index is 11.4. The molecule has 0 aliphatic heterocycles. The third-order valence-electron chi connectivity index (χ3n) is 4.84. The van der Waals surface area contributed by atoms with Crippen LogP contribution < -0.4 is 9.64 Å². The molecule has 9 heteroatoms. The van der Waals surface area contributed by atoms with E-state index in [9.17, 15) is 20.0 Å². The number of carbonyl (C=O) groups is 1. The summed E-state index contributed by atoms with van der Waals surface area (Å²) in [6.07, 6.45) is 0. The van der Waals surface area contributed by atoms with E-state index in [1.54, 1.807) is 47.4 Å². The number of rotatable bonds is 9. The summed E-state index contributed by atoms with van der Waals surface area (Å²) < 4.78 is 11.6. The monoisotopic (exact) mass is 433 g/mol. The van der Waals surface area contributed by atoms with Gasteiger partial charge in [0.05, 0.1) is 18.0 Å². The highest BCUT2D eigenvalue weighted by Gasteiger charge is 2.20. The quantitative estimate of drug-likeness (QED) is 0.302. The molecule has 1 heterocycles. The summed E-state index contributed by atoms with van der Waals surface area (Å²) in [6.45, 7) is 0.532. The van der Waals surface area contributed by atoms with E-state index >= 15 is 0 Å². The molecule has 0 amide bonds. The van der Waals surface area contributed by atoms with Gasteiger partial charge in [0, 0.05) is 11.6 Å². The van der Waals surface area contributed by atoms with Crippen molar-refractivity contribution >= 4 is 28.8 Å². The number of ether oxygens (including phenoxy) is 1. The van der Waals surface area contributed by atoms with Gasteiger partial charge < -0.3 is 19.2 Å². The van der Waals surface area contributed by atoms with Gasteiger partial charge in [-0.1, -0.05) is 42.5 Å². The minimum Gasteiger partial charge on any atom is -0.491 e. The van der Waals surface area contributed by atoms with Crippen molar-refractivity contribution in [1.29, 1.82) is 0 Å². The van der Waals surface area contributed by atoms with Crippen LogP contribution >= 0.6 is 0 Å². The molecule has 0 atom stereocenters. The van der Waals surface area contributed by atoms with Gasteiger partial charge in [-0.3, -0.25) is 10.1 Å². The maximum atomic E-state index is 11.4. The largest absolute Gasteiger partial charge is 0.491 e. The van der Waals surface area contributed by atoms with Crippen molar-refractivity contribution in [2.45, 2.75) is 6.54 Å². The van der Waals surface area contributed by atoms with Crippen LogP contribution in [-0.2, 0) is 6.54 Å². The Bertz CT molecular complexity index is 1240. The molecule has 0 radical (unpaired) electrons. The molecule has 4 rings (SSSR count). The summed E-state index contributed by atoms with van der Waals surface area (Å²) in [5, 5.41) is 20.8. The van der Waals surface area contributed by atoms with Gasteiger partial charge in [0.25, 0.3) is 11.7 Å². The van der Waals surface area contributed by atoms with E-state index in [2.05, 4.69) is 4.98 Å². The number of carboxylic acid groups (broad SMARTS) is 1. The fraction of sp³-hybridized carbons (Fsp3) is 0.130. The van der Waals surface area contributed by atoms with Crippen LogP contribution in [0, 0.1) is 10.1 Å². The van der Waals surface area contributed by atoms with Crippen molar-refractivity contribution in [3.63, 3.8) is 0 Å². The minimum atomic E-state index is -1.09. The molecule has 0 bridgehead atoms. The molecular weight excluding hydrogens is 414 g/mol. The van der Waals surface area contributed by atoms with Gasteiger partial charge in [-0.2, -0.15) is 4.98 Å². The minimum absolute atomic E-state index is 0.00856. The van der Waals surface area contributed by atoms with Crippen molar-refractivity contribution in [3.8, 4) is 5.75 Å². The van der Waals surface area contributed by atoms with Gasteiger partial charge in [-0.25, -0.2) is 4.79 Å². The number of hydrogen-bond donors (Lipinski definition) is 1. The van der Waals surface area contributed by atoms with Crippen molar-refractivity contribution in [2.24, 2.45) is 0 Å². The first-order valence-electron chi connectivity index (χ1n) is 9.81. The third-order valence-corrected chi connectivity index (χ3v) is 4.84. The molecular formula is C23H19N3O6. The van der Waals surface area contributed by atoms with E-state index in [0.29, 0.717) is 22.7 Å². The Morgan fingerprint density at radius 2 is 1.78 bits per heavy atom. The highest BCUT2D eigenvalue weighted by Crippen LogP contribution is 2.26. The molecule has 0 aliphatic carbocycles. The molecule has 162 valence electrons. The molecule has 1 N–H and O–H groups in total. The summed E-state index contributed by atoms with van der Waals surface area (Å²) in [7, 11) is 0. The first-order chi connectivity index (χ1) is 15.5. The number of benzene rings is 3. The fourth-order valence-corrected chi connectivity index (χ4v) is 3.30. The average Bonchev–Trinajstić information content (AvgIpc) is 3.23. The van der Waals surface area contributed by atoms with Crippen LogP contribution in [0.15, 0.2) is 77.2 Å². The number of aromatic nitrogens is 1. The predicted octanol–water partition coefficient (Wildman–Crippen LogP) is 4.52. The normalized spacial score (nSPS) is 10.8. The molecule has 0 aliphatic rings. The Morgan fingerprint density at radius 1 is 1.06 bits per heavy atom. The number of nitro benzene ring substituents is 1. The lowest BCUT2D eigenvalue weighted by Gasteiger charge is -2.21. The summed E-state index contributed by atoms with van der Waals surface area (Å²) in [5.41, 5.74) is 1.79. The predicted molar refractivity (Wildman–Crippen MR) is 117 cm³/mol. The Labute approximate surface area is 182 Å². The van der Waals surface area contributed by atoms with Crippen LogP contribution in [-0.4, -0.2) is 34.1 Å². The van der Waals surface area contributed by atoms with E-state index in [1.165, 1.54) is 12.1 Å². The smallest absolute Gasteiger partial charge is 0.339 e. The lowest BCUT2D eigenvalue weighted by atomic mass is 10.1. The molecule has 0 saturated carbocycles. The second kappa shape index (κ2) is 9.17. The zero-order valence-corrected chi connectivity index (χ0v) is 16.9. The van der Waals surface area contributed by atoms with E-state index in [1.807, 2.05) is 18.2 Å². The number of nitro groups is 1. The lowest BCUT2D eigenvalue weighted by molar-refractivity contribution is -0.385. The van der Waals surface area contributed by atoms with Gasteiger partial charge in [-0.05, 0) is 24.3 Å². The van der Waals surface area contributed by atoms with Crippen molar-refractivity contribution < 1.29 is 24.0 Å². The highest BCUT2D eigenvalue weighted by atomic mass is 16.6. The Kier molecular flexibility index (Phi) is 5.98. The van der Waals surface area contributed by atoms with Crippen LogP contribution in [0.25, 0.3) is 11.1 Å². The highest BCUT2D eigenvalue weighted by molar-refractivity contribution is 5.90. The molecule has 0 saturated heterocycles. The van der Waals surface area contributed by atoms with Gasteiger partial charge in [0.1, 0.15) is 23.4 Å². The van der Waals surface area contributed by atoms with Crippen LogP contribution in [0.3, 0.4) is 0 Å². The zero-order valence-electron chi connectivity index (χ0n) is 16.9. The number of anilines is 1. The van der Waals surface area contributed by atoms with Crippen molar-refractivity contribution in [3.05, 3.63) is 94.0 Å². The number of fused-ring (bicyclic) bond motifs is 1. The van der Waals surface area contributed by atoms with Gasteiger partial charge in [0.15, 0.2) is 5.58 Å². The second-order valence-electron chi connectivity index (χ2n) is 6.92. The Morgan fingerprint density at radius 3 is 2.56 bits per heavy atom. The summed E-state index contributed by atoms with van der Waals surface area (Å²) in [5.74, 6) is -0.848. The molecule has 9 nitrogen and oxygen atoms in total. The number of carboxylic acids is 1. The standard InChI is InChI=1S/C23H19N3O6/c27-22(28)17-8-2-5-11-20(17)31-14-13-25(15-16-7-1-4-10-19(16)26(29)30)23-24-18-9-3-6-12-21(18)32-23/h1-12H,13-15H2,(H,27,28). The second-order valence-corrected chi connectivity index (χ2v) is 6.92. The lowest BCUT2D eigenvalue weighted by Crippen LogP contribution is -2.28. The SMILES string of the molecule is O=C(O)c1ccccc1OCCN(Cc1ccccc1[N+](=O)[O-])c1nc2ccccc2o1.